The summed E-state index contributed by atoms with van der Waals surface area (Å²) in [5.74, 6) is 0.304. The molecule has 0 atom stereocenters. The Morgan fingerprint density at radius 2 is 1.67 bits per heavy atom. The molecule has 4 aromatic rings. The maximum atomic E-state index is 13.8. The predicted molar refractivity (Wildman–Crippen MR) is 102 cm³/mol. The Morgan fingerprint density at radius 1 is 0.933 bits per heavy atom. The van der Waals surface area contributed by atoms with Crippen LogP contribution in [0.1, 0.15) is 5.56 Å². The fourth-order valence-corrected chi connectivity index (χ4v) is 3.16. The molecule has 2 aromatic heterocycles. The average Bonchev–Trinajstić information content (AvgIpc) is 3.16. The Kier molecular flexibility index (Phi) is 4.81. The van der Waals surface area contributed by atoms with Crippen molar-refractivity contribution in [3.05, 3.63) is 66.1 Å². The molecule has 0 aliphatic carbocycles. The quantitative estimate of drug-likeness (QED) is 0.425. The van der Waals surface area contributed by atoms with E-state index in [4.69, 9.17) is 9.47 Å². The Hall–Kier alpha value is -3.62. The highest BCUT2D eigenvalue weighted by atomic mass is 19.4. The number of rotatable bonds is 4. The summed E-state index contributed by atoms with van der Waals surface area (Å²) < 4.78 is 66.5. The highest BCUT2D eigenvalue weighted by Gasteiger charge is 2.35. The summed E-state index contributed by atoms with van der Waals surface area (Å²) in [5.41, 5.74) is -0.163. The van der Waals surface area contributed by atoms with Gasteiger partial charge in [0.15, 0.2) is 5.65 Å². The normalized spacial score (nSPS) is 11.7. The van der Waals surface area contributed by atoms with Gasteiger partial charge in [0.2, 0.25) is 0 Å². The van der Waals surface area contributed by atoms with Crippen LogP contribution in [0, 0.1) is 5.82 Å². The Morgan fingerprint density at radius 3 is 2.30 bits per heavy atom. The van der Waals surface area contributed by atoms with Crippen LogP contribution in [0.3, 0.4) is 0 Å². The minimum absolute atomic E-state index is 0.0173. The first-order valence-electron chi connectivity index (χ1n) is 8.76. The van der Waals surface area contributed by atoms with Crippen molar-refractivity contribution in [1.82, 2.24) is 14.8 Å². The van der Waals surface area contributed by atoms with Crippen molar-refractivity contribution in [2.45, 2.75) is 6.18 Å². The first kappa shape index (κ1) is 19.7. The summed E-state index contributed by atoms with van der Waals surface area (Å²) in [4.78, 5) is 4.43. The number of halogens is 4. The molecule has 0 aliphatic rings. The standard InChI is InChI=1S/C21H15F4N3O2/c1-29-14-7-8-19(30-2)15(9-14)18-10-17(21(23,24)25)16-11-26-28(20(16)27-18)13-5-3-12(22)4-6-13/h3-11H,1-2H3. The van der Waals surface area contributed by atoms with Crippen LogP contribution < -0.4 is 9.47 Å². The predicted octanol–water partition coefficient (Wildman–Crippen LogP) is 5.26. The topological polar surface area (TPSA) is 49.2 Å². The van der Waals surface area contributed by atoms with E-state index in [0.717, 1.165) is 12.3 Å². The van der Waals surface area contributed by atoms with Crippen molar-refractivity contribution >= 4 is 11.0 Å². The lowest BCUT2D eigenvalue weighted by molar-refractivity contribution is -0.136. The number of ether oxygens (including phenoxy) is 2. The molecule has 30 heavy (non-hydrogen) atoms. The third-order valence-electron chi connectivity index (χ3n) is 4.60. The van der Waals surface area contributed by atoms with Crippen molar-refractivity contribution in [2.75, 3.05) is 14.2 Å². The molecular formula is C21H15F4N3O2. The van der Waals surface area contributed by atoms with Gasteiger partial charge in [-0.3, -0.25) is 0 Å². The molecule has 9 heteroatoms. The van der Waals surface area contributed by atoms with E-state index in [-0.39, 0.29) is 16.7 Å². The smallest absolute Gasteiger partial charge is 0.417 e. The van der Waals surface area contributed by atoms with Crippen molar-refractivity contribution in [3.8, 4) is 28.4 Å². The summed E-state index contributed by atoms with van der Waals surface area (Å²) in [7, 11) is 2.87. The number of aromatic nitrogens is 3. The van der Waals surface area contributed by atoms with Gasteiger partial charge in [0.1, 0.15) is 17.3 Å². The van der Waals surface area contributed by atoms with Gasteiger partial charge in [0, 0.05) is 5.56 Å². The zero-order chi connectivity index (χ0) is 21.5. The van der Waals surface area contributed by atoms with E-state index in [1.54, 1.807) is 18.2 Å². The molecule has 0 fully saturated rings. The van der Waals surface area contributed by atoms with Crippen LogP contribution in [0.15, 0.2) is 54.7 Å². The number of alkyl halides is 3. The van der Waals surface area contributed by atoms with E-state index >= 15 is 0 Å². The second kappa shape index (κ2) is 7.33. The van der Waals surface area contributed by atoms with Crippen molar-refractivity contribution in [1.29, 1.82) is 0 Å². The van der Waals surface area contributed by atoms with Gasteiger partial charge in [-0.25, -0.2) is 14.1 Å². The number of hydrogen-bond donors (Lipinski definition) is 0. The summed E-state index contributed by atoms with van der Waals surface area (Å²) >= 11 is 0. The molecule has 154 valence electrons. The highest BCUT2D eigenvalue weighted by molar-refractivity contribution is 5.85. The Bertz CT molecular complexity index is 1220. The molecule has 0 saturated heterocycles. The number of methoxy groups -OCH3 is 2. The minimum atomic E-state index is -4.64. The van der Waals surface area contributed by atoms with Gasteiger partial charge in [0.05, 0.1) is 42.7 Å². The fraction of sp³-hybridized carbons (Fsp3) is 0.143. The van der Waals surface area contributed by atoms with Gasteiger partial charge in [0.25, 0.3) is 0 Å². The largest absolute Gasteiger partial charge is 0.497 e. The molecule has 4 rings (SSSR count). The molecule has 5 nitrogen and oxygen atoms in total. The van der Waals surface area contributed by atoms with Crippen LogP contribution in [-0.4, -0.2) is 29.0 Å². The van der Waals surface area contributed by atoms with Crippen LogP contribution in [0.4, 0.5) is 17.6 Å². The number of hydrogen-bond acceptors (Lipinski definition) is 4. The number of fused-ring (bicyclic) bond motifs is 1. The fourth-order valence-electron chi connectivity index (χ4n) is 3.16. The lowest BCUT2D eigenvalue weighted by Crippen LogP contribution is -2.08. The third-order valence-corrected chi connectivity index (χ3v) is 4.60. The maximum absolute atomic E-state index is 13.8. The van der Waals surface area contributed by atoms with Crippen LogP contribution in [0.5, 0.6) is 11.5 Å². The number of benzene rings is 2. The molecule has 0 bridgehead atoms. The average molecular weight is 417 g/mol. The van der Waals surface area contributed by atoms with Gasteiger partial charge in [-0.2, -0.15) is 18.3 Å². The lowest BCUT2D eigenvalue weighted by Gasteiger charge is -2.14. The van der Waals surface area contributed by atoms with E-state index in [1.807, 2.05) is 0 Å². The molecule has 2 heterocycles. The third kappa shape index (κ3) is 3.42. The second-order valence-corrected chi connectivity index (χ2v) is 6.39. The van der Waals surface area contributed by atoms with Crippen molar-refractivity contribution in [2.24, 2.45) is 0 Å². The Labute approximate surface area is 168 Å². The molecule has 0 radical (unpaired) electrons. The van der Waals surface area contributed by atoms with Gasteiger partial charge < -0.3 is 9.47 Å². The van der Waals surface area contributed by atoms with Crippen molar-refractivity contribution < 1.29 is 27.0 Å². The van der Waals surface area contributed by atoms with Crippen molar-refractivity contribution in [3.63, 3.8) is 0 Å². The van der Waals surface area contributed by atoms with E-state index < -0.39 is 17.6 Å². The summed E-state index contributed by atoms with van der Waals surface area (Å²) in [6.45, 7) is 0. The van der Waals surface area contributed by atoms with Crippen LogP contribution in [0.25, 0.3) is 28.0 Å². The molecule has 0 aliphatic heterocycles. The van der Waals surface area contributed by atoms with E-state index in [9.17, 15) is 17.6 Å². The molecule has 0 saturated carbocycles. The minimum Gasteiger partial charge on any atom is -0.497 e. The summed E-state index contributed by atoms with van der Waals surface area (Å²) in [5, 5.41) is 3.89. The first-order valence-corrected chi connectivity index (χ1v) is 8.76. The summed E-state index contributed by atoms with van der Waals surface area (Å²) in [6.07, 6.45) is -3.54. The van der Waals surface area contributed by atoms with Gasteiger partial charge >= 0.3 is 6.18 Å². The second-order valence-electron chi connectivity index (χ2n) is 6.39. The maximum Gasteiger partial charge on any atom is 0.417 e. The van der Waals surface area contributed by atoms with Crippen LogP contribution in [-0.2, 0) is 6.18 Å². The number of nitrogens with zero attached hydrogens (tertiary/aromatic N) is 3. The molecule has 0 spiro atoms. The Balaban J connectivity index is 2.02. The molecule has 0 amide bonds. The van der Waals surface area contributed by atoms with Crippen LogP contribution >= 0.6 is 0 Å². The zero-order valence-corrected chi connectivity index (χ0v) is 15.9. The molecule has 2 aromatic carbocycles. The zero-order valence-electron chi connectivity index (χ0n) is 15.9. The van der Waals surface area contributed by atoms with E-state index in [0.29, 0.717) is 22.7 Å². The van der Waals surface area contributed by atoms with E-state index in [2.05, 4.69) is 10.1 Å². The van der Waals surface area contributed by atoms with E-state index in [1.165, 1.54) is 43.2 Å². The monoisotopic (exact) mass is 417 g/mol. The molecule has 0 unspecified atom stereocenters. The first-order chi connectivity index (χ1) is 14.3. The van der Waals surface area contributed by atoms with Gasteiger partial charge in [-0.05, 0) is 48.5 Å². The molecule has 0 N–H and O–H groups in total. The lowest BCUT2D eigenvalue weighted by atomic mass is 10.1. The van der Waals surface area contributed by atoms with Crippen LogP contribution in [0.2, 0.25) is 0 Å². The van der Waals surface area contributed by atoms with Gasteiger partial charge in [-0.15, -0.1) is 0 Å². The molecular weight excluding hydrogens is 402 g/mol. The number of pyridine rings is 1. The SMILES string of the molecule is COc1ccc(OC)c(-c2cc(C(F)(F)F)c3cnn(-c4ccc(F)cc4)c3n2)c1. The highest BCUT2D eigenvalue weighted by Crippen LogP contribution is 2.40. The van der Waals surface area contributed by atoms with Gasteiger partial charge in [-0.1, -0.05) is 0 Å². The summed E-state index contributed by atoms with van der Waals surface area (Å²) in [6, 6.07) is 10.9.